The predicted molar refractivity (Wildman–Crippen MR) is 75.5 cm³/mol. The van der Waals surface area contributed by atoms with Gasteiger partial charge in [0.15, 0.2) is 0 Å². The van der Waals surface area contributed by atoms with E-state index in [1.807, 2.05) is 11.8 Å². The molecule has 2 heterocycles. The summed E-state index contributed by atoms with van der Waals surface area (Å²) in [5.41, 5.74) is 5.43. The number of amidine groups is 1. The van der Waals surface area contributed by atoms with E-state index in [9.17, 15) is 4.79 Å². The third kappa shape index (κ3) is 3.42. The number of rotatable bonds is 4. The summed E-state index contributed by atoms with van der Waals surface area (Å²) in [6, 6.07) is 0. The van der Waals surface area contributed by atoms with Gasteiger partial charge < -0.3 is 20.6 Å². The quantitative estimate of drug-likeness (QED) is 0.352. The van der Waals surface area contributed by atoms with E-state index >= 15 is 0 Å². The molecule has 1 atom stereocenters. The first-order chi connectivity index (χ1) is 9.55. The van der Waals surface area contributed by atoms with Crippen LogP contribution < -0.4 is 5.73 Å². The van der Waals surface area contributed by atoms with E-state index in [1.165, 1.54) is 0 Å². The van der Waals surface area contributed by atoms with Crippen molar-refractivity contribution in [3.05, 3.63) is 0 Å². The Kier molecular flexibility index (Phi) is 4.86. The molecule has 0 saturated carbocycles. The first kappa shape index (κ1) is 15.1. The molecule has 2 saturated heterocycles. The van der Waals surface area contributed by atoms with E-state index in [0.29, 0.717) is 19.5 Å². The minimum atomic E-state index is -0.292. The molecule has 2 rings (SSSR count). The van der Waals surface area contributed by atoms with Crippen LogP contribution in [0.25, 0.3) is 0 Å². The number of oxime groups is 1. The average molecular weight is 283 g/mol. The minimum absolute atomic E-state index is 0.196. The molecular weight excluding hydrogens is 258 g/mol. The monoisotopic (exact) mass is 283 g/mol. The molecular formula is C14H25N3O3. The molecule has 3 N–H and O–H groups in total. The van der Waals surface area contributed by atoms with Crippen LogP contribution in [-0.4, -0.2) is 47.7 Å². The van der Waals surface area contributed by atoms with Crippen molar-refractivity contribution in [2.75, 3.05) is 19.7 Å². The fourth-order valence-electron chi connectivity index (χ4n) is 2.94. The number of hydrogen-bond donors (Lipinski definition) is 2. The SMILES string of the molecule is CC1(C(N)=NO)CCN(C(=O)CCC2CCCO2)CC1. The summed E-state index contributed by atoms with van der Waals surface area (Å²) in [5, 5.41) is 11.9. The van der Waals surface area contributed by atoms with Crippen molar-refractivity contribution in [2.45, 2.75) is 51.6 Å². The van der Waals surface area contributed by atoms with Crippen molar-refractivity contribution in [2.24, 2.45) is 16.3 Å². The highest BCUT2D eigenvalue weighted by Crippen LogP contribution is 2.31. The van der Waals surface area contributed by atoms with E-state index in [2.05, 4.69) is 5.16 Å². The van der Waals surface area contributed by atoms with Gasteiger partial charge in [-0.25, -0.2) is 0 Å². The molecule has 0 aromatic carbocycles. The normalized spacial score (nSPS) is 26.8. The summed E-state index contributed by atoms with van der Waals surface area (Å²) >= 11 is 0. The number of likely N-dealkylation sites (tertiary alicyclic amines) is 1. The third-order valence-electron chi connectivity index (χ3n) is 4.65. The molecule has 0 aromatic heterocycles. The van der Waals surface area contributed by atoms with Crippen LogP contribution in [0.4, 0.5) is 0 Å². The molecule has 2 aliphatic heterocycles. The maximum Gasteiger partial charge on any atom is 0.222 e. The summed E-state index contributed by atoms with van der Waals surface area (Å²) in [5.74, 6) is 0.464. The van der Waals surface area contributed by atoms with Crippen molar-refractivity contribution in [1.29, 1.82) is 0 Å². The predicted octanol–water partition coefficient (Wildman–Crippen LogP) is 1.32. The lowest BCUT2D eigenvalue weighted by atomic mass is 9.79. The summed E-state index contributed by atoms with van der Waals surface area (Å²) in [4.78, 5) is 14.1. The molecule has 2 aliphatic rings. The average Bonchev–Trinajstić information content (AvgIpc) is 2.98. The molecule has 6 nitrogen and oxygen atoms in total. The number of carbonyl (C=O) groups is 1. The molecule has 1 amide bonds. The second kappa shape index (κ2) is 6.43. The molecule has 1 unspecified atom stereocenters. The Morgan fingerprint density at radius 2 is 2.20 bits per heavy atom. The van der Waals surface area contributed by atoms with Gasteiger partial charge in [0.25, 0.3) is 0 Å². The van der Waals surface area contributed by atoms with Crippen LogP contribution in [0, 0.1) is 5.41 Å². The topological polar surface area (TPSA) is 88.2 Å². The minimum Gasteiger partial charge on any atom is -0.409 e. The van der Waals surface area contributed by atoms with E-state index < -0.39 is 0 Å². The summed E-state index contributed by atoms with van der Waals surface area (Å²) in [6.07, 6.45) is 5.34. The van der Waals surface area contributed by atoms with Gasteiger partial charge in [0.2, 0.25) is 5.91 Å². The molecule has 114 valence electrons. The van der Waals surface area contributed by atoms with Gasteiger partial charge in [-0.1, -0.05) is 12.1 Å². The number of hydrogen-bond acceptors (Lipinski definition) is 4. The van der Waals surface area contributed by atoms with Crippen LogP contribution in [-0.2, 0) is 9.53 Å². The lowest BCUT2D eigenvalue weighted by Gasteiger charge is -2.38. The van der Waals surface area contributed by atoms with Crippen LogP contribution in [0.1, 0.15) is 45.4 Å². The molecule has 20 heavy (non-hydrogen) atoms. The van der Waals surface area contributed by atoms with Crippen molar-refractivity contribution in [3.8, 4) is 0 Å². The van der Waals surface area contributed by atoms with Gasteiger partial charge in [-0.3, -0.25) is 4.79 Å². The number of piperidine rings is 1. The number of amides is 1. The Labute approximate surface area is 119 Å². The van der Waals surface area contributed by atoms with Gasteiger partial charge >= 0.3 is 0 Å². The van der Waals surface area contributed by atoms with Crippen LogP contribution in [0.3, 0.4) is 0 Å². The zero-order chi connectivity index (χ0) is 14.6. The second-order valence-electron chi connectivity index (χ2n) is 6.10. The number of nitrogens with zero attached hydrogens (tertiary/aromatic N) is 2. The lowest BCUT2D eigenvalue weighted by Crippen LogP contribution is -2.47. The molecule has 0 aromatic rings. The second-order valence-corrected chi connectivity index (χ2v) is 6.10. The Morgan fingerprint density at radius 1 is 1.50 bits per heavy atom. The fraction of sp³-hybridized carbons (Fsp3) is 0.857. The van der Waals surface area contributed by atoms with Gasteiger partial charge in [-0.2, -0.15) is 0 Å². The molecule has 2 fully saturated rings. The Hall–Kier alpha value is -1.30. The van der Waals surface area contributed by atoms with Gasteiger partial charge in [-0.05, 0) is 32.1 Å². The summed E-state index contributed by atoms with van der Waals surface area (Å²) < 4.78 is 5.54. The highest BCUT2D eigenvalue weighted by Gasteiger charge is 2.35. The molecule has 0 spiro atoms. The van der Waals surface area contributed by atoms with E-state index in [4.69, 9.17) is 15.7 Å². The highest BCUT2D eigenvalue weighted by atomic mass is 16.5. The Bertz CT molecular complexity index is 370. The van der Waals surface area contributed by atoms with Crippen LogP contribution in [0.2, 0.25) is 0 Å². The van der Waals surface area contributed by atoms with Crippen molar-refractivity contribution in [1.82, 2.24) is 4.90 Å². The summed E-state index contributed by atoms with van der Waals surface area (Å²) in [6.45, 7) is 4.17. The van der Waals surface area contributed by atoms with E-state index in [0.717, 1.165) is 38.7 Å². The van der Waals surface area contributed by atoms with Gasteiger partial charge in [0.05, 0.1) is 6.10 Å². The molecule has 0 aliphatic carbocycles. The number of carbonyl (C=O) groups excluding carboxylic acids is 1. The zero-order valence-electron chi connectivity index (χ0n) is 12.2. The molecule has 0 radical (unpaired) electrons. The van der Waals surface area contributed by atoms with Gasteiger partial charge in [0.1, 0.15) is 5.84 Å². The maximum atomic E-state index is 12.2. The number of ether oxygens (including phenoxy) is 1. The highest BCUT2D eigenvalue weighted by molar-refractivity contribution is 5.86. The van der Waals surface area contributed by atoms with Crippen molar-refractivity contribution >= 4 is 11.7 Å². The molecule has 6 heteroatoms. The maximum absolute atomic E-state index is 12.2. The van der Waals surface area contributed by atoms with Crippen LogP contribution in [0.15, 0.2) is 5.16 Å². The number of nitrogens with two attached hydrogens (primary N) is 1. The Morgan fingerprint density at radius 3 is 2.75 bits per heavy atom. The largest absolute Gasteiger partial charge is 0.409 e. The van der Waals surface area contributed by atoms with E-state index in [-0.39, 0.29) is 23.3 Å². The first-order valence-corrected chi connectivity index (χ1v) is 7.42. The summed E-state index contributed by atoms with van der Waals surface area (Å²) in [7, 11) is 0. The smallest absolute Gasteiger partial charge is 0.222 e. The standard InChI is InChI=1S/C14H25N3O3/c1-14(13(15)16-19)6-8-17(9-7-14)12(18)5-4-11-3-2-10-20-11/h11,19H,2-10H2,1H3,(H2,15,16). The third-order valence-corrected chi connectivity index (χ3v) is 4.65. The van der Waals surface area contributed by atoms with Gasteiger partial charge in [0, 0.05) is 31.5 Å². The fourth-order valence-corrected chi connectivity index (χ4v) is 2.94. The molecule has 0 bridgehead atoms. The first-order valence-electron chi connectivity index (χ1n) is 7.42. The van der Waals surface area contributed by atoms with Crippen molar-refractivity contribution < 1.29 is 14.7 Å². The lowest BCUT2D eigenvalue weighted by molar-refractivity contribution is -0.133. The van der Waals surface area contributed by atoms with E-state index in [1.54, 1.807) is 0 Å². The van der Waals surface area contributed by atoms with Crippen LogP contribution >= 0.6 is 0 Å². The Balaban J connectivity index is 1.76. The van der Waals surface area contributed by atoms with Crippen molar-refractivity contribution in [3.63, 3.8) is 0 Å². The van der Waals surface area contributed by atoms with Gasteiger partial charge in [-0.15, -0.1) is 0 Å². The zero-order valence-corrected chi connectivity index (χ0v) is 12.2. The van der Waals surface area contributed by atoms with Crippen LogP contribution in [0.5, 0.6) is 0 Å².